The molecule has 0 saturated heterocycles. The van der Waals surface area contributed by atoms with Crippen molar-refractivity contribution in [2.75, 3.05) is 0 Å². The SMILES string of the molecule is Cc1ccn2cc(CNC(=O)c3nc(-n4cnnc4)n[nH]3)nc2c1. The van der Waals surface area contributed by atoms with Crippen LogP contribution in [0.4, 0.5) is 0 Å². The predicted octanol–water partition coefficient (Wildman–Crippen LogP) is 0.272. The van der Waals surface area contributed by atoms with Crippen LogP contribution in [0.1, 0.15) is 21.9 Å². The maximum atomic E-state index is 12.2. The summed E-state index contributed by atoms with van der Waals surface area (Å²) >= 11 is 0. The van der Waals surface area contributed by atoms with E-state index in [-0.39, 0.29) is 11.7 Å². The van der Waals surface area contributed by atoms with E-state index in [1.165, 1.54) is 17.2 Å². The topological polar surface area (TPSA) is 119 Å². The number of hydrogen-bond acceptors (Lipinski definition) is 6. The van der Waals surface area contributed by atoms with E-state index < -0.39 is 0 Å². The van der Waals surface area contributed by atoms with Gasteiger partial charge < -0.3 is 9.72 Å². The summed E-state index contributed by atoms with van der Waals surface area (Å²) in [6, 6.07) is 3.98. The molecule has 10 nitrogen and oxygen atoms in total. The summed E-state index contributed by atoms with van der Waals surface area (Å²) < 4.78 is 3.41. The molecular weight excluding hydrogens is 310 g/mol. The van der Waals surface area contributed by atoms with Crippen molar-refractivity contribution >= 4 is 11.6 Å². The van der Waals surface area contributed by atoms with Crippen molar-refractivity contribution in [3.8, 4) is 5.95 Å². The van der Waals surface area contributed by atoms with E-state index in [4.69, 9.17) is 0 Å². The van der Waals surface area contributed by atoms with Gasteiger partial charge in [-0.2, -0.15) is 4.98 Å². The highest BCUT2D eigenvalue weighted by Gasteiger charge is 2.13. The number of nitrogens with one attached hydrogen (secondary N) is 2. The van der Waals surface area contributed by atoms with Gasteiger partial charge in [0, 0.05) is 12.4 Å². The lowest BCUT2D eigenvalue weighted by Gasteiger charge is -1.98. The second-order valence-electron chi connectivity index (χ2n) is 5.24. The van der Waals surface area contributed by atoms with Gasteiger partial charge in [0.2, 0.25) is 5.82 Å². The molecule has 0 fully saturated rings. The van der Waals surface area contributed by atoms with Crippen molar-refractivity contribution in [1.29, 1.82) is 0 Å². The molecule has 0 aliphatic rings. The Morgan fingerprint density at radius 1 is 1.29 bits per heavy atom. The highest BCUT2D eigenvalue weighted by Crippen LogP contribution is 2.07. The van der Waals surface area contributed by atoms with Crippen LogP contribution in [0.3, 0.4) is 0 Å². The Morgan fingerprint density at radius 3 is 2.96 bits per heavy atom. The molecule has 1 amide bonds. The summed E-state index contributed by atoms with van der Waals surface area (Å²) in [6.45, 7) is 2.30. The number of carbonyl (C=O) groups is 1. The number of rotatable bonds is 4. The number of amides is 1. The molecule has 24 heavy (non-hydrogen) atoms. The molecule has 0 aromatic carbocycles. The Morgan fingerprint density at radius 2 is 2.12 bits per heavy atom. The Bertz CT molecular complexity index is 999. The van der Waals surface area contributed by atoms with Gasteiger partial charge in [0.1, 0.15) is 18.3 Å². The van der Waals surface area contributed by atoms with Crippen LogP contribution >= 0.6 is 0 Å². The number of aryl methyl sites for hydroxylation is 1. The van der Waals surface area contributed by atoms with Crippen molar-refractivity contribution in [1.82, 2.24) is 44.6 Å². The van der Waals surface area contributed by atoms with Crippen molar-refractivity contribution in [2.45, 2.75) is 13.5 Å². The Kier molecular flexibility index (Phi) is 3.26. The molecule has 4 aromatic heterocycles. The van der Waals surface area contributed by atoms with Gasteiger partial charge in [-0.1, -0.05) is 0 Å². The first kappa shape index (κ1) is 14.1. The van der Waals surface area contributed by atoms with Gasteiger partial charge in [0.15, 0.2) is 0 Å². The molecule has 0 atom stereocenters. The number of pyridine rings is 1. The molecule has 4 heterocycles. The first-order valence-electron chi connectivity index (χ1n) is 7.19. The van der Waals surface area contributed by atoms with Crippen molar-refractivity contribution in [2.24, 2.45) is 0 Å². The number of H-pyrrole nitrogens is 1. The standard InChI is InChI=1S/C14H13N9O/c1-9-2-3-22-6-10(18-11(22)4-9)5-15-13(24)12-19-14(21-20-12)23-7-16-17-8-23/h2-4,6-8H,5H2,1H3,(H,15,24)(H,19,20,21). The molecule has 10 heteroatoms. The average molecular weight is 323 g/mol. The zero-order valence-corrected chi connectivity index (χ0v) is 12.7. The molecule has 0 aliphatic carbocycles. The second-order valence-corrected chi connectivity index (χ2v) is 5.24. The monoisotopic (exact) mass is 323 g/mol. The van der Waals surface area contributed by atoms with Crippen molar-refractivity contribution in [3.63, 3.8) is 0 Å². The smallest absolute Gasteiger partial charge is 0.288 e. The van der Waals surface area contributed by atoms with Crippen LogP contribution in [-0.2, 0) is 6.54 Å². The van der Waals surface area contributed by atoms with Crippen LogP contribution in [-0.4, -0.2) is 45.2 Å². The summed E-state index contributed by atoms with van der Waals surface area (Å²) in [5.74, 6) is 0.0433. The lowest BCUT2D eigenvalue weighted by atomic mass is 10.3. The van der Waals surface area contributed by atoms with E-state index >= 15 is 0 Å². The largest absolute Gasteiger partial charge is 0.344 e. The Labute approximate surface area is 135 Å². The fourth-order valence-electron chi connectivity index (χ4n) is 2.25. The molecular formula is C14H13N9O. The third-order valence-corrected chi connectivity index (χ3v) is 3.43. The van der Waals surface area contributed by atoms with Crippen LogP contribution < -0.4 is 5.32 Å². The van der Waals surface area contributed by atoms with Gasteiger partial charge in [-0.25, -0.2) is 4.98 Å². The number of imidazole rings is 1. The van der Waals surface area contributed by atoms with Gasteiger partial charge in [-0.05, 0) is 24.6 Å². The fraction of sp³-hybridized carbons (Fsp3) is 0.143. The lowest BCUT2D eigenvalue weighted by Crippen LogP contribution is -2.24. The first-order valence-corrected chi connectivity index (χ1v) is 7.19. The molecule has 0 saturated carbocycles. The third-order valence-electron chi connectivity index (χ3n) is 3.43. The molecule has 0 aliphatic heterocycles. The summed E-state index contributed by atoms with van der Waals surface area (Å²) in [5.41, 5.74) is 2.73. The van der Waals surface area contributed by atoms with Gasteiger partial charge in [0.05, 0.1) is 12.2 Å². The summed E-state index contributed by atoms with van der Waals surface area (Å²) in [4.78, 5) is 20.7. The quantitative estimate of drug-likeness (QED) is 0.556. The summed E-state index contributed by atoms with van der Waals surface area (Å²) in [7, 11) is 0. The highest BCUT2D eigenvalue weighted by molar-refractivity contribution is 5.90. The predicted molar refractivity (Wildman–Crippen MR) is 82.4 cm³/mol. The van der Waals surface area contributed by atoms with Crippen molar-refractivity contribution in [3.05, 3.63) is 54.3 Å². The van der Waals surface area contributed by atoms with Gasteiger partial charge in [0.25, 0.3) is 11.9 Å². The minimum atomic E-state index is -0.366. The first-order chi connectivity index (χ1) is 11.7. The molecule has 120 valence electrons. The highest BCUT2D eigenvalue weighted by atomic mass is 16.2. The van der Waals surface area contributed by atoms with Crippen LogP contribution in [0.25, 0.3) is 11.6 Å². The number of fused-ring (bicyclic) bond motifs is 1. The normalized spacial score (nSPS) is 11.0. The number of nitrogens with zero attached hydrogens (tertiary/aromatic N) is 7. The van der Waals surface area contributed by atoms with Gasteiger partial charge in [-0.3, -0.25) is 14.5 Å². The summed E-state index contributed by atoms with van der Waals surface area (Å²) in [6.07, 6.45) is 6.70. The zero-order valence-electron chi connectivity index (χ0n) is 12.7. The lowest BCUT2D eigenvalue weighted by molar-refractivity contribution is 0.0940. The zero-order chi connectivity index (χ0) is 16.5. The van der Waals surface area contributed by atoms with E-state index in [0.717, 1.165) is 16.9 Å². The molecule has 0 spiro atoms. The van der Waals surface area contributed by atoms with E-state index in [2.05, 4.69) is 35.7 Å². The van der Waals surface area contributed by atoms with Crippen LogP contribution in [0.15, 0.2) is 37.2 Å². The second kappa shape index (κ2) is 5.57. The maximum Gasteiger partial charge on any atom is 0.288 e. The molecule has 4 aromatic rings. The Hall–Kier alpha value is -3.56. The van der Waals surface area contributed by atoms with E-state index in [1.54, 1.807) is 0 Å². The molecule has 0 radical (unpaired) electrons. The third kappa shape index (κ3) is 2.60. The minimum Gasteiger partial charge on any atom is -0.344 e. The van der Waals surface area contributed by atoms with E-state index in [9.17, 15) is 4.79 Å². The number of hydrogen-bond donors (Lipinski definition) is 2. The number of aromatic amines is 1. The van der Waals surface area contributed by atoms with Crippen LogP contribution in [0.2, 0.25) is 0 Å². The molecule has 2 N–H and O–H groups in total. The van der Waals surface area contributed by atoms with Crippen molar-refractivity contribution < 1.29 is 4.79 Å². The molecule has 0 bridgehead atoms. The Balaban J connectivity index is 1.46. The number of carbonyl (C=O) groups excluding carboxylic acids is 1. The summed E-state index contributed by atoms with van der Waals surface area (Å²) in [5, 5.41) is 16.6. The molecule has 0 unspecified atom stereocenters. The van der Waals surface area contributed by atoms with Crippen LogP contribution in [0, 0.1) is 6.92 Å². The molecule has 4 rings (SSSR count). The maximum absolute atomic E-state index is 12.2. The van der Waals surface area contributed by atoms with E-state index in [0.29, 0.717) is 12.5 Å². The van der Waals surface area contributed by atoms with Gasteiger partial charge in [-0.15, -0.1) is 15.3 Å². The minimum absolute atomic E-state index is 0.110. The average Bonchev–Trinajstić information content (AvgIpc) is 3.30. The van der Waals surface area contributed by atoms with Crippen LogP contribution in [0.5, 0.6) is 0 Å². The number of aromatic nitrogens is 8. The fourth-order valence-corrected chi connectivity index (χ4v) is 2.25. The van der Waals surface area contributed by atoms with E-state index in [1.807, 2.05) is 35.9 Å². The van der Waals surface area contributed by atoms with Gasteiger partial charge >= 0.3 is 0 Å².